The first-order valence-corrected chi connectivity index (χ1v) is 7.62. The normalized spacial score (nSPS) is 43.3. The zero-order valence-electron chi connectivity index (χ0n) is 12.4. The van der Waals surface area contributed by atoms with Crippen LogP contribution in [0.25, 0.3) is 0 Å². The topological polar surface area (TPSA) is 38.3 Å². The van der Waals surface area contributed by atoms with E-state index in [0.29, 0.717) is 18.2 Å². The van der Waals surface area contributed by atoms with Crippen LogP contribution in [0.1, 0.15) is 33.1 Å². The van der Waals surface area contributed by atoms with E-state index in [4.69, 9.17) is 4.74 Å². The average molecular weight is 289 g/mol. The minimum atomic E-state index is -0.709. The first-order valence-electron chi connectivity index (χ1n) is 7.62. The largest absolute Gasteiger partial charge is 0.364 e. The second kappa shape index (κ2) is 3.86. The minimum Gasteiger partial charge on any atom is -0.364 e. The molecule has 1 aliphatic heterocycles. The van der Waals surface area contributed by atoms with Crippen LogP contribution in [-0.4, -0.2) is 18.1 Å². The van der Waals surface area contributed by atoms with E-state index in [1.807, 2.05) is 0 Å². The summed E-state index contributed by atoms with van der Waals surface area (Å²) in [7, 11) is 0. The number of halogens is 1. The third-order valence-corrected chi connectivity index (χ3v) is 6.67. The van der Waals surface area contributed by atoms with Gasteiger partial charge in [0.25, 0.3) is 5.91 Å². The maximum absolute atomic E-state index is 13.0. The second-order valence-electron chi connectivity index (χ2n) is 7.27. The molecule has 1 N–H and O–H groups in total. The molecule has 4 rings (SSSR count). The summed E-state index contributed by atoms with van der Waals surface area (Å²) in [4.78, 5) is 12.9. The molecule has 1 aromatic rings. The molecule has 0 spiro atoms. The van der Waals surface area contributed by atoms with Crippen molar-refractivity contribution in [3.8, 4) is 0 Å². The number of benzene rings is 1. The maximum Gasteiger partial charge on any atom is 0.257 e. The molecule has 0 radical (unpaired) electrons. The molecule has 2 aliphatic carbocycles. The molecule has 1 aromatic carbocycles. The van der Waals surface area contributed by atoms with E-state index in [-0.39, 0.29) is 22.6 Å². The van der Waals surface area contributed by atoms with E-state index in [0.717, 1.165) is 12.8 Å². The lowest BCUT2D eigenvalue weighted by atomic mass is 9.66. The first kappa shape index (κ1) is 13.3. The lowest BCUT2D eigenvalue weighted by molar-refractivity contribution is -0.149. The Labute approximate surface area is 123 Å². The molecule has 0 unspecified atom stereocenters. The SMILES string of the molecule is C[C@]12CC[C@H]3C[C@@]1(C(=O)Nc1ccc(F)cc1)OC[C@@]32C. The molecule has 112 valence electrons. The zero-order chi connectivity index (χ0) is 14.9. The molecule has 21 heavy (non-hydrogen) atoms. The summed E-state index contributed by atoms with van der Waals surface area (Å²) in [5, 5.41) is 2.93. The summed E-state index contributed by atoms with van der Waals surface area (Å²) in [6.07, 6.45) is 3.06. The highest BCUT2D eigenvalue weighted by Gasteiger charge is 2.78. The number of carbonyl (C=O) groups excluding carboxylic acids is 1. The van der Waals surface area contributed by atoms with Crippen molar-refractivity contribution in [2.45, 2.75) is 38.7 Å². The molecule has 1 saturated heterocycles. The number of amides is 1. The van der Waals surface area contributed by atoms with E-state index < -0.39 is 5.60 Å². The zero-order valence-corrected chi connectivity index (χ0v) is 12.4. The fourth-order valence-electron chi connectivity index (χ4n) is 5.02. The highest BCUT2D eigenvalue weighted by atomic mass is 19.1. The fraction of sp³-hybridized carbons (Fsp3) is 0.588. The van der Waals surface area contributed by atoms with Gasteiger partial charge in [-0.15, -0.1) is 0 Å². The maximum atomic E-state index is 13.0. The molecule has 3 nitrogen and oxygen atoms in total. The molecule has 1 amide bonds. The van der Waals surface area contributed by atoms with Gasteiger partial charge < -0.3 is 10.1 Å². The summed E-state index contributed by atoms with van der Waals surface area (Å²) in [6, 6.07) is 5.89. The van der Waals surface area contributed by atoms with E-state index in [1.165, 1.54) is 18.6 Å². The van der Waals surface area contributed by atoms with Crippen molar-refractivity contribution in [2.75, 3.05) is 11.9 Å². The van der Waals surface area contributed by atoms with E-state index >= 15 is 0 Å². The van der Waals surface area contributed by atoms with Gasteiger partial charge in [-0.2, -0.15) is 0 Å². The lowest BCUT2D eigenvalue weighted by Crippen LogP contribution is -2.52. The van der Waals surface area contributed by atoms with Gasteiger partial charge in [0.15, 0.2) is 5.60 Å². The van der Waals surface area contributed by atoms with Gasteiger partial charge in [0.1, 0.15) is 5.82 Å². The van der Waals surface area contributed by atoms with Crippen molar-refractivity contribution in [3.05, 3.63) is 30.1 Å². The number of hydrogen-bond donors (Lipinski definition) is 1. The summed E-state index contributed by atoms with van der Waals surface area (Å²) < 4.78 is 19.0. The Morgan fingerprint density at radius 3 is 2.67 bits per heavy atom. The highest BCUT2D eigenvalue weighted by Crippen LogP contribution is 2.75. The Bertz CT molecular complexity index is 616. The molecular weight excluding hydrogens is 269 g/mol. The molecule has 2 saturated carbocycles. The van der Waals surface area contributed by atoms with E-state index in [9.17, 15) is 9.18 Å². The molecule has 3 aliphatic rings. The summed E-state index contributed by atoms with van der Waals surface area (Å²) in [5.74, 6) is 0.209. The first-order chi connectivity index (χ1) is 9.91. The van der Waals surface area contributed by atoms with Gasteiger partial charge in [-0.05, 0) is 49.4 Å². The Kier molecular flexibility index (Phi) is 2.44. The predicted octanol–water partition coefficient (Wildman–Crippen LogP) is 3.36. The van der Waals surface area contributed by atoms with Crippen molar-refractivity contribution >= 4 is 11.6 Å². The smallest absolute Gasteiger partial charge is 0.257 e. The molecule has 4 heteroatoms. The predicted molar refractivity (Wildman–Crippen MR) is 77.3 cm³/mol. The van der Waals surface area contributed by atoms with E-state index in [1.54, 1.807) is 12.1 Å². The van der Waals surface area contributed by atoms with Crippen LogP contribution in [0.3, 0.4) is 0 Å². The summed E-state index contributed by atoms with van der Waals surface area (Å²) in [6.45, 7) is 5.15. The third kappa shape index (κ3) is 1.39. The number of nitrogens with one attached hydrogen (secondary N) is 1. The summed E-state index contributed by atoms with van der Waals surface area (Å²) in [5.41, 5.74) is -0.0552. The van der Waals surface area contributed by atoms with Gasteiger partial charge in [0, 0.05) is 16.5 Å². The molecule has 0 aromatic heterocycles. The number of hydrogen-bond acceptors (Lipinski definition) is 2. The van der Waals surface area contributed by atoms with Crippen molar-refractivity contribution in [1.82, 2.24) is 0 Å². The van der Waals surface area contributed by atoms with Crippen LogP contribution in [-0.2, 0) is 9.53 Å². The van der Waals surface area contributed by atoms with Crippen LogP contribution in [0.2, 0.25) is 0 Å². The Morgan fingerprint density at radius 1 is 1.33 bits per heavy atom. The number of carbonyl (C=O) groups is 1. The average Bonchev–Trinajstić information content (AvgIpc) is 2.93. The quantitative estimate of drug-likeness (QED) is 0.906. The van der Waals surface area contributed by atoms with Crippen LogP contribution in [0, 0.1) is 22.6 Å². The molecular formula is C17H20FNO2. The highest BCUT2D eigenvalue weighted by molar-refractivity contribution is 5.99. The van der Waals surface area contributed by atoms with Gasteiger partial charge in [-0.1, -0.05) is 13.8 Å². The van der Waals surface area contributed by atoms with E-state index in [2.05, 4.69) is 19.2 Å². The number of rotatable bonds is 2. The van der Waals surface area contributed by atoms with Gasteiger partial charge >= 0.3 is 0 Å². The van der Waals surface area contributed by atoms with Crippen LogP contribution in [0.4, 0.5) is 10.1 Å². The van der Waals surface area contributed by atoms with Crippen LogP contribution >= 0.6 is 0 Å². The van der Waals surface area contributed by atoms with Crippen LogP contribution < -0.4 is 5.32 Å². The van der Waals surface area contributed by atoms with Crippen molar-refractivity contribution < 1.29 is 13.9 Å². The van der Waals surface area contributed by atoms with Gasteiger partial charge in [-0.3, -0.25) is 4.79 Å². The molecule has 3 fully saturated rings. The Balaban J connectivity index is 1.65. The number of anilines is 1. The minimum absolute atomic E-state index is 0.0671. The van der Waals surface area contributed by atoms with Crippen molar-refractivity contribution in [3.63, 3.8) is 0 Å². The van der Waals surface area contributed by atoms with Crippen molar-refractivity contribution in [1.29, 1.82) is 0 Å². The Morgan fingerprint density at radius 2 is 2.05 bits per heavy atom. The fourth-order valence-corrected chi connectivity index (χ4v) is 5.02. The molecule has 4 bridgehead atoms. The second-order valence-corrected chi connectivity index (χ2v) is 7.27. The third-order valence-electron chi connectivity index (χ3n) is 6.67. The van der Waals surface area contributed by atoms with Crippen LogP contribution in [0.5, 0.6) is 0 Å². The number of ether oxygens (including phenoxy) is 1. The Hall–Kier alpha value is -1.42. The molecule has 1 heterocycles. The summed E-state index contributed by atoms with van der Waals surface area (Å²) >= 11 is 0. The lowest BCUT2D eigenvalue weighted by Gasteiger charge is -2.39. The van der Waals surface area contributed by atoms with Crippen LogP contribution in [0.15, 0.2) is 24.3 Å². The standard InChI is InChI=1S/C17H20FNO2/c1-15-10-21-17(9-11(15)7-8-16(15,17)2)14(20)19-13-5-3-12(18)4-6-13/h3-6,11H,7-10H2,1-2H3,(H,19,20)/t11-,15-,16+,17-/m0/s1. The van der Waals surface area contributed by atoms with Crippen molar-refractivity contribution in [2.24, 2.45) is 16.7 Å². The van der Waals surface area contributed by atoms with Gasteiger partial charge in [0.05, 0.1) is 6.61 Å². The van der Waals surface area contributed by atoms with Gasteiger partial charge in [0.2, 0.25) is 0 Å². The monoisotopic (exact) mass is 289 g/mol. The molecule has 4 atom stereocenters. The van der Waals surface area contributed by atoms with Gasteiger partial charge in [-0.25, -0.2) is 4.39 Å².